The van der Waals surface area contributed by atoms with Gasteiger partial charge in [-0.25, -0.2) is 8.42 Å². The van der Waals surface area contributed by atoms with Gasteiger partial charge < -0.3 is 21.1 Å². The number of nitrogens with one attached hydrogen (secondary N) is 3. The highest BCUT2D eigenvalue weighted by Gasteiger charge is 2.34. The molecule has 166 valence electrons. The largest absolute Gasteiger partial charge is 0.430 e. The fourth-order valence-corrected chi connectivity index (χ4v) is 5.29. The molecule has 1 aromatic heterocycles. The number of alkyl halides is 3. The molecule has 1 aromatic rings. The van der Waals surface area contributed by atoms with Crippen LogP contribution >= 0.6 is 11.3 Å². The molecule has 0 aromatic carbocycles. The molecule has 0 bridgehead atoms. The van der Waals surface area contributed by atoms with Gasteiger partial charge in [0.2, 0.25) is 0 Å². The molecule has 10 nitrogen and oxygen atoms in total. The van der Waals surface area contributed by atoms with Crippen LogP contribution in [0, 0.1) is 5.41 Å². The van der Waals surface area contributed by atoms with E-state index in [1.807, 2.05) is 5.32 Å². The van der Waals surface area contributed by atoms with Gasteiger partial charge in [-0.2, -0.15) is 17.5 Å². The van der Waals surface area contributed by atoms with E-state index in [1.165, 1.54) is 0 Å². The molecule has 2 heterocycles. The summed E-state index contributed by atoms with van der Waals surface area (Å²) in [6, 6.07) is 0.974. The van der Waals surface area contributed by atoms with Crippen molar-refractivity contribution in [3.8, 4) is 0 Å². The topological polar surface area (TPSA) is 155 Å². The third kappa shape index (κ3) is 5.35. The van der Waals surface area contributed by atoms with Crippen LogP contribution in [0.1, 0.15) is 10.4 Å². The Labute approximate surface area is 173 Å². The number of thiophene rings is 1. The zero-order chi connectivity index (χ0) is 22.7. The van der Waals surface area contributed by atoms with Crippen LogP contribution in [0.25, 0.3) is 0 Å². The lowest BCUT2D eigenvalue weighted by Crippen LogP contribution is -2.40. The Hall–Kier alpha value is -2.49. The number of sulfonamides is 1. The third-order valence-electron chi connectivity index (χ3n) is 3.87. The second-order valence-electron chi connectivity index (χ2n) is 5.86. The zero-order valence-corrected chi connectivity index (χ0v) is 17.1. The van der Waals surface area contributed by atoms with Crippen molar-refractivity contribution in [1.82, 2.24) is 9.62 Å². The number of primary amides is 1. The van der Waals surface area contributed by atoms with Crippen molar-refractivity contribution < 1.29 is 35.9 Å². The first-order chi connectivity index (χ1) is 13.9. The molecule has 2 amide bonds. The predicted molar refractivity (Wildman–Crippen MR) is 102 cm³/mol. The summed E-state index contributed by atoms with van der Waals surface area (Å²) in [5, 5.41) is 11.2. The molecule has 0 radical (unpaired) electrons. The van der Waals surface area contributed by atoms with E-state index in [2.05, 4.69) is 5.32 Å². The molecular formula is C15H18F3N5O5S2. The van der Waals surface area contributed by atoms with Crippen molar-refractivity contribution in [2.75, 3.05) is 38.7 Å². The Morgan fingerprint density at radius 3 is 2.43 bits per heavy atom. The van der Waals surface area contributed by atoms with Gasteiger partial charge in [-0.1, -0.05) is 0 Å². The van der Waals surface area contributed by atoms with Crippen molar-refractivity contribution >= 4 is 43.9 Å². The molecule has 15 heteroatoms. The highest BCUT2D eigenvalue weighted by Crippen LogP contribution is 2.33. The summed E-state index contributed by atoms with van der Waals surface area (Å²) >= 11 is 0.506. The van der Waals surface area contributed by atoms with E-state index in [1.54, 1.807) is 0 Å². The molecular weight excluding hydrogens is 451 g/mol. The number of amides is 2. The number of carbonyl (C=O) groups is 2. The van der Waals surface area contributed by atoms with Crippen LogP contribution in [0.2, 0.25) is 0 Å². The van der Waals surface area contributed by atoms with Crippen LogP contribution in [0.15, 0.2) is 22.0 Å². The van der Waals surface area contributed by atoms with Gasteiger partial charge >= 0.3 is 6.18 Å². The third-order valence-corrected chi connectivity index (χ3v) is 7.27. The lowest BCUT2D eigenvalue weighted by molar-refractivity contribution is -0.110. The second kappa shape index (κ2) is 9.11. The highest BCUT2D eigenvalue weighted by molar-refractivity contribution is 7.91. The van der Waals surface area contributed by atoms with Crippen molar-refractivity contribution in [3.05, 3.63) is 23.4 Å². The summed E-state index contributed by atoms with van der Waals surface area (Å²) in [5.41, 5.74) is 2.47. The number of rotatable bonds is 7. The summed E-state index contributed by atoms with van der Waals surface area (Å²) in [7, 11) is -3.04. The van der Waals surface area contributed by atoms with Gasteiger partial charge in [-0.3, -0.25) is 15.0 Å². The molecule has 1 aliphatic heterocycles. The number of morpholine rings is 1. The quantitative estimate of drug-likeness (QED) is 0.426. The minimum absolute atomic E-state index is 0.0908. The Kier molecular flexibility index (Phi) is 7.23. The van der Waals surface area contributed by atoms with E-state index < -0.39 is 39.4 Å². The van der Waals surface area contributed by atoms with Crippen LogP contribution in [0.5, 0.6) is 0 Å². The van der Waals surface area contributed by atoms with Gasteiger partial charge in [0.25, 0.3) is 21.8 Å². The van der Waals surface area contributed by atoms with Gasteiger partial charge in [-0.15, -0.1) is 11.3 Å². The van der Waals surface area contributed by atoms with Crippen molar-refractivity contribution in [3.63, 3.8) is 0 Å². The smallest absolute Gasteiger partial charge is 0.384 e. The molecule has 1 aliphatic rings. The summed E-state index contributed by atoms with van der Waals surface area (Å²) in [5.74, 6) is -2.34. The van der Waals surface area contributed by atoms with Crippen molar-refractivity contribution in [2.24, 2.45) is 5.73 Å². The standard InChI is InChI=1S/C15H18F3N5O5S2/c1-21-10(15(16,17)18)7-9(19)13(25)22-14-8(12(20)24)6-11(29-14)30(26,27)23-2-4-28-5-3-23/h6-7,19,21H,2-5H2,1H3,(H2,20,24)(H,22,25)/b10-7-,19-9?. The molecule has 0 saturated carbocycles. The molecule has 5 N–H and O–H groups in total. The number of ether oxygens (including phenoxy) is 1. The van der Waals surface area contributed by atoms with E-state index in [-0.39, 0.29) is 47.2 Å². The maximum Gasteiger partial charge on any atom is 0.430 e. The minimum atomic E-state index is -4.82. The second-order valence-corrected chi connectivity index (χ2v) is 9.08. The molecule has 0 aliphatic carbocycles. The Balaban J connectivity index is 2.31. The Bertz CT molecular complexity index is 981. The van der Waals surface area contributed by atoms with Crippen LogP contribution in [-0.2, 0) is 19.6 Å². The maximum atomic E-state index is 12.8. The first-order valence-corrected chi connectivity index (χ1v) is 10.5. The van der Waals surface area contributed by atoms with E-state index in [9.17, 15) is 31.2 Å². The molecule has 30 heavy (non-hydrogen) atoms. The summed E-state index contributed by atoms with van der Waals surface area (Å²) in [6.07, 6.45) is -4.56. The minimum Gasteiger partial charge on any atom is -0.384 e. The molecule has 0 spiro atoms. The molecule has 1 saturated heterocycles. The summed E-state index contributed by atoms with van der Waals surface area (Å²) < 4.78 is 69.6. The van der Waals surface area contributed by atoms with Crippen LogP contribution in [-0.4, -0.2) is 69.8 Å². The fraction of sp³-hybridized carbons (Fsp3) is 0.400. The monoisotopic (exact) mass is 469 g/mol. The predicted octanol–water partition coefficient (Wildman–Crippen LogP) is 0.492. The van der Waals surface area contributed by atoms with E-state index in [0.29, 0.717) is 11.3 Å². The first kappa shape index (κ1) is 23.8. The normalized spacial score (nSPS) is 16.2. The van der Waals surface area contributed by atoms with Crippen LogP contribution in [0.3, 0.4) is 0 Å². The number of halogens is 3. The van der Waals surface area contributed by atoms with Crippen LogP contribution < -0.4 is 16.4 Å². The van der Waals surface area contributed by atoms with Crippen LogP contribution in [0.4, 0.5) is 18.2 Å². The maximum absolute atomic E-state index is 12.8. The van der Waals surface area contributed by atoms with Gasteiger partial charge in [-0.05, 0) is 12.1 Å². The zero-order valence-electron chi connectivity index (χ0n) is 15.5. The number of nitrogens with zero attached hydrogens (tertiary/aromatic N) is 1. The Morgan fingerprint density at radius 1 is 1.33 bits per heavy atom. The SMILES string of the molecule is CN/C(=C\C(=N)C(=O)Nc1sc(S(=O)(=O)N2CCOCC2)cc1C(N)=O)C(F)(F)F. The van der Waals surface area contributed by atoms with Gasteiger partial charge in [0.05, 0.1) is 18.8 Å². The highest BCUT2D eigenvalue weighted by atomic mass is 32.2. The van der Waals surface area contributed by atoms with E-state index in [0.717, 1.165) is 17.4 Å². The number of nitrogens with two attached hydrogens (primary N) is 1. The van der Waals surface area contributed by atoms with E-state index >= 15 is 0 Å². The first-order valence-electron chi connectivity index (χ1n) is 8.26. The number of anilines is 1. The molecule has 1 fully saturated rings. The average Bonchev–Trinajstić information content (AvgIpc) is 3.10. The molecule has 0 unspecified atom stereocenters. The lowest BCUT2D eigenvalue weighted by atomic mass is 10.2. The number of allylic oxidation sites excluding steroid dienone is 1. The fourth-order valence-electron chi connectivity index (χ4n) is 2.36. The van der Waals surface area contributed by atoms with Gasteiger partial charge in [0, 0.05) is 20.1 Å². The molecule has 2 rings (SSSR count). The average molecular weight is 469 g/mol. The van der Waals surface area contributed by atoms with Gasteiger partial charge in [0.1, 0.15) is 20.6 Å². The number of carbonyl (C=O) groups excluding carboxylic acids is 2. The number of hydrogen-bond donors (Lipinski definition) is 4. The summed E-state index contributed by atoms with van der Waals surface area (Å²) in [6.45, 7) is 0.557. The van der Waals surface area contributed by atoms with Gasteiger partial charge in [0.15, 0.2) is 0 Å². The molecule has 0 atom stereocenters. The summed E-state index contributed by atoms with van der Waals surface area (Å²) in [4.78, 5) is 23.8. The Morgan fingerprint density at radius 2 is 1.93 bits per heavy atom. The number of hydrogen-bond acceptors (Lipinski definition) is 8. The lowest BCUT2D eigenvalue weighted by Gasteiger charge is -2.25. The van der Waals surface area contributed by atoms with Crippen molar-refractivity contribution in [1.29, 1.82) is 5.41 Å². The van der Waals surface area contributed by atoms with E-state index in [4.69, 9.17) is 15.9 Å². The van der Waals surface area contributed by atoms with Crippen molar-refractivity contribution in [2.45, 2.75) is 10.4 Å².